The van der Waals surface area contributed by atoms with E-state index in [0.29, 0.717) is 85.0 Å². The average molecular weight is 1380 g/mol. The number of benzene rings is 2. The van der Waals surface area contributed by atoms with Crippen molar-refractivity contribution in [2.45, 2.75) is 104 Å². The van der Waals surface area contributed by atoms with Crippen molar-refractivity contribution >= 4 is 137 Å². The minimum absolute atomic E-state index is 0.149. The Kier molecular flexibility index (Phi) is 22.7. The molecule has 2 aromatic carbocycles. The van der Waals surface area contributed by atoms with Gasteiger partial charge < -0.3 is 58.7 Å². The summed E-state index contributed by atoms with van der Waals surface area (Å²) in [5.74, 6) is 1.20. The Morgan fingerprint density at radius 2 is 1.03 bits per heavy atom. The van der Waals surface area contributed by atoms with Gasteiger partial charge in [0.2, 0.25) is 0 Å². The second-order valence-electron chi connectivity index (χ2n) is 25.1. The highest BCUT2D eigenvalue weighted by Gasteiger charge is 2.52. The van der Waals surface area contributed by atoms with Gasteiger partial charge in [-0.2, -0.15) is 0 Å². The van der Waals surface area contributed by atoms with Gasteiger partial charge in [0.25, 0.3) is 11.8 Å². The van der Waals surface area contributed by atoms with Gasteiger partial charge in [-0.25, -0.2) is 19.9 Å². The van der Waals surface area contributed by atoms with Crippen LogP contribution in [0.5, 0.6) is 11.5 Å². The summed E-state index contributed by atoms with van der Waals surface area (Å²) in [5.41, 5.74) is 18.4. The summed E-state index contributed by atoms with van der Waals surface area (Å²) in [6, 6.07) is 16.6. The number of methoxy groups -OCH3 is 2. The van der Waals surface area contributed by atoms with Gasteiger partial charge in [-0.3, -0.25) is 9.59 Å². The van der Waals surface area contributed by atoms with Crippen molar-refractivity contribution in [1.29, 1.82) is 0 Å². The lowest BCUT2D eigenvalue weighted by Crippen LogP contribution is -2.41. The largest absolute Gasteiger partial charge is 0.496 e. The van der Waals surface area contributed by atoms with E-state index >= 15 is 0 Å². The van der Waals surface area contributed by atoms with Crippen LogP contribution < -0.4 is 26.4 Å². The standard InChI is InChI=1S/C28H33Cl2N5O3Si.C20H23BrCl2N2O2Si.C14H22BN3O3/c1-34(2)28(36)20-11-17(13-32-26(20)31)21-14-33-27-24(25(21)30)22(19-8-7-18(29)12-23(19)37-3)15-35(27)16-38-9-10-39(4,5)6;1-26-17-9-13(22)5-6-14(17)15-11-25(12-27-7-8-28(2,3)4)20-18(15)19(23)16(21)10-24-20;1-13(2)14(3,4)21-15(20-13)9-7-10(11(16)17-8-9)12(19)18(5)6/h7-8,11-15H,9-10,16H2,1-6H3,(H2,31,32);5-6,9-11H,7-8,12H2,1-4H3;7-8H,1-6H3,(H2,16,17). The van der Waals surface area contributed by atoms with E-state index < -0.39 is 34.5 Å². The Hall–Kier alpha value is -5.76. The number of nitrogens with two attached hydrogens (primary N) is 2. The number of hydrogen-bond donors (Lipinski definition) is 2. The summed E-state index contributed by atoms with van der Waals surface area (Å²) in [5, 5.41) is 3.82. The fourth-order valence-corrected chi connectivity index (χ4v) is 11.8. The summed E-state index contributed by atoms with van der Waals surface area (Å²) >= 11 is 29.6. The van der Waals surface area contributed by atoms with Crippen LogP contribution in [0, 0.1) is 0 Å². The molecule has 1 aliphatic heterocycles. The number of aromatic nitrogens is 6. The van der Waals surface area contributed by atoms with E-state index in [0.717, 1.165) is 61.8 Å². The summed E-state index contributed by atoms with van der Waals surface area (Å²) in [6.07, 6.45) is 10.6. The van der Waals surface area contributed by atoms with Crippen LogP contribution in [-0.4, -0.2) is 141 Å². The Morgan fingerprint density at radius 3 is 1.48 bits per heavy atom. The van der Waals surface area contributed by atoms with Gasteiger partial charge in [0.1, 0.15) is 47.9 Å². The normalized spacial score (nSPS) is 13.7. The molecule has 0 bridgehead atoms. The van der Waals surface area contributed by atoms with Gasteiger partial charge in [-0.1, -0.05) is 85.7 Å². The van der Waals surface area contributed by atoms with Crippen LogP contribution in [-0.2, 0) is 32.2 Å². The third kappa shape index (κ3) is 16.4. The smallest absolute Gasteiger partial charge is 0.496 e. The molecule has 8 aromatic rings. The number of anilines is 2. The van der Waals surface area contributed by atoms with Crippen LogP contribution in [0.1, 0.15) is 48.4 Å². The highest BCUT2D eigenvalue weighted by molar-refractivity contribution is 9.10. The van der Waals surface area contributed by atoms with E-state index in [1.54, 1.807) is 97.5 Å². The number of halogens is 5. The van der Waals surface area contributed by atoms with Crippen LogP contribution in [0.4, 0.5) is 11.6 Å². The third-order valence-corrected chi connectivity index (χ3v) is 20.4. The van der Waals surface area contributed by atoms with Crippen molar-refractivity contribution < 1.29 is 37.8 Å². The topological polar surface area (TPSA) is 209 Å². The van der Waals surface area contributed by atoms with Crippen molar-refractivity contribution in [2.75, 3.05) is 67.1 Å². The predicted octanol–water partition coefficient (Wildman–Crippen LogP) is 14.4. The molecule has 0 unspecified atom stereocenters. The monoisotopic (exact) mass is 1380 g/mol. The molecule has 0 radical (unpaired) electrons. The first kappa shape index (κ1) is 69.7. The van der Waals surface area contributed by atoms with Gasteiger partial charge in [0.05, 0.1) is 51.1 Å². The van der Waals surface area contributed by atoms with Crippen LogP contribution in [0.3, 0.4) is 0 Å². The zero-order valence-corrected chi connectivity index (χ0v) is 59.4. The minimum atomic E-state index is -1.23. The number of nitrogens with zero attached hydrogens (tertiary/aromatic N) is 8. The molecule has 0 atom stereocenters. The first-order valence-corrected chi connectivity index (χ1v) is 38.0. The van der Waals surface area contributed by atoms with Crippen molar-refractivity contribution in [3.63, 3.8) is 0 Å². The van der Waals surface area contributed by atoms with E-state index in [1.165, 1.54) is 9.80 Å². The van der Waals surface area contributed by atoms with Crippen molar-refractivity contribution in [1.82, 2.24) is 38.9 Å². The lowest BCUT2D eigenvalue weighted by Gasteiger charge is -2.32. The first-order chi connectivity index (χ1) is 41.2. The van der Waals surface area contributed by atoms with Gasteiger partial charge in [0, 0.05) is 154 Å². The molecule has 26 heteroatoms. The number of ether oxygens (including phenoxy) is 4. The SMILES string of the molecule is CN(C)C(=O)c1cc(B2OC(C)(C)C(C)(C)O2)cnc1N.COc1cc(Cl)ccc1-c1cn(COCC[Si](C)(C)C)c2ncc(-c3cnc(N)c(C(=O)N(C)C)c3)c(Cl)c12.COc1cc(Cl)ccc1-c1cn(COCC[Si](C)(C)C)c2ncc(Br)c(Cl)c12. The molecule has 1 saturated heterocycles. The van der Waals surface area contributed by atoms with Crippen molar-refractivity contribution in [3.05, 3.63) is 121 Å². The molecule has 6 aromatic heterocycles. The Bertz CT molecular complexity index is 3840. The zero-order chi connectivity index (χ0) is 65.0. The maximum Gasteiger partial charge on any atom is 0.496 e. The first-order valence-electron chi connectivity index (χ1n) is 28.3. The quantitative estimate of drug-likeness (QED) is 0.0605. The van der Waals surface area contributed by atoms with Crippen LogP contribution in [0.15, 0.2) is 90.2 Å². The van der Waals surface area contributed by atoms with Crippen molar-refractivity contribution in [2.24, 2.45) is 0 Å². The molecule has 4 N–H and O–H groups in total. The number of carbonyl (C=O) groups is 2. The molecule has 0 aliphatic carbocycles. The molecule has 470 valence electrons. The van der Waals surface area contributed by atoms with Gasteiger partial charge in [-0.15, -0.1) is 0 Å². The third-order valence-electron chi connectivity index (χ3n) is 14.9. The fourth-order valence-electron chi connectivity index (χ4n) is 9.12. The highest BCUT2D eigenvalue weighted by atomic mass is 79.9. The maximum absolute atomic E-state index is 12.7. The minimum Gasteiger partial charge on any atom is -0.496 e. The van der Waals surface area contributed by atoms with Gasteiger partial charge >= 0.3 is 7.12 Å². The average Bonchev–Trinajstić information content (AvgIpc) is 1.60. The molecule has 2 amide bonds. The molecule has 1 aliphatic rings. The van der Waals surface area contributed by atoms with Crippen LogP contribution in [0.2, 0.25) is 71.5 Å². The lowest BCUT2D eigenvalue weighted by molar-refractivity contribution is 0.00578. The number of amides is 2. The molecular formula is C62H78BBrCl4N10O8Si2. The predicted molar refractivity (Wildman–Crippen MR) is 367 cm³/mol. The molecule has 1 fully saturated rings. The van der Waals surface area contributed by atoms with E-state index in [9.17, 15) is 9.59 Å². The number of nitrogen functional groups attached to an aromatic ring is 2. The summed E-state index contributed by atoms with van der Waals surface area (Å²) in [4.78, 5) is 45.4. The van der Waals surface area contributed by atoms with Crippen LogP contribution >= 0.6 is 62.3 Å². The van der Waals surface area contributed by atoms with E-state index in [-0.39, 0.29) is 23.5 Å². The molecule has 0 saturated carbocycles. The second kappa shape index (κ2) is 28.6. The zero-order valence-electron chi connectivity index (χ0n) is 52.8. The summed E-state index contributed by atoms with van der Waals surface area (Å²) in [6.45, 7) is 24.0. The Morgan fingerprint density at radius 1 is 0.602 bits per heavy atom. The number of fused-ring (bicyclic) bond motifs is 2. The molecule has 18 nitrogen and oxygen atoms in total. The molecule has 0 spiro atoms. The van der Waals surface area contributed by atoms with E-state index in [1.807, 2.05) is 67.4 Å². The Balaban J connectivity index is 0.000000198. The van der Waals surface area contributed by atoms with Crippen LogP contribution in [0.25, 0.3) is 55.4 Å². The van der Waals surface area contributed by atoms with Gasteiger partial charge in [-0.05, 0) is 104 Å². The van der Waals surface area contributed by atoms with E-state index in [4.69, 9.17) is 91.1 Å². The molecule has 88 heavy (non-hydrogen) atoms. The van der Waals surface area contributed by atoms with Gasteiger partial charge in [0.15, 0.2) is 0 Å². The summed E-state index contributed by atoms with van der Waals surface area (Å²) < 4.78 is 39.8. The lowest BCUT2D eigenvalue weighted by atomic mass is 9.79. The van der Waals surface area contributed by atoms with Crippen molar-refractivity contribution in [3.8, 4) is 44.9 Å². The number of hydrogen-bond acceptors (Lipinski definition) is 14. The molecule has 9 rings (SSSR count). The number of pyridine rings is 4. The Labute approximate surface area is 546 Å². The molecular weight excluding hydrogens is 1300 g/mol. The fraction of sp³-hybridized carbons (Fsp3) is 0.387. The number of rotatable bonds is 18. The maximum atomic E-state index is 12.7. The van der Waals surface area contributed by atoms with E-state index in [2.05, 4.69) is 70.2 Å². The second-order valence-corrected chi connectivity index (χ2v) is 38.8. The molecule has 7 heterocycles. The highest BCUT2D eigenvalue weighted by Crippen LogP contribution is 2.45. The summed E-state index contributed by atoms with van der Waals surface area (Å²) in [7, 11) is 6.96. The number of carbonyl (C=O) groups excluding carboxylic acids is 2.